The Morgan fingerprint density at radius 3 is 2.62 bits per heavy atom. The Kier molecular flexibility index (Phi) is 7.28. The second-order valence-electron chi connectivity index (χ2n) is 7.05. The molecule has 0 aromatic heterocycles. The van der Waals surface area contributed by atoms with E-state index in [-0.39, 0.29) is 23.7 Å². The summed E-state index contributed by atoms with van der Waals surface area (Å²) in [5, 5.41) is 0.391. The minimum Gasteiger partial charge on any atom is -0.490 e. The van der Waals surface area contributed by atoms with Crippen molar-refractivity contribution in [1.29, 1.82) is 0 Å². The van der Waals surface area contributed by atoms with Gasteiger partial charge in [0, 0.05) is 16.3 Å². The maximum Gasteiger partial charge on any atom is 0.238 e. The number of benzene rings is 3. The van der Waals surface area contributed by atoms with Crippen molar-refractivity contribution < 1.29 is 18.7 Å². The third kappa shape index (κ3) is 4.90. The average Bonchev–Trinajstić information content (AvgIpc) is 3.16. The molecule has 0 spiro atoms. The molecule has 8 heteroatoms. The molecule has 32 heavy (non-hydrogen) atoms. The first-order valence-corrected chi connectivity index (χ1v) is 12.2. The van der Waals surface area contributed by atoms with Crippen LogP contribution in [0.3, 0.4) is 0 Å². The van der Waals surface area contributed by atoms with Gasteiger partial charge in [0.1, 0.15) is 17.8 Å². The summed E-state index contributed by atoms with van der Waals surface area (Å²) in [4.78, 5) is 14.4. The maximum atomic E-state index is 14.0. The predicted octanol–water partition coefficient (Wildman–Crippen LogP) is 7.00. The third-order valence-electron chi connectivity index (χ3n) is 4.92. The molecular weight excluding hydrogens is 517 g/mol. The number of anilines is 1. The van der Waals surface area contributed by atoms with E-state index in [4.69, 9.17) is 21.1 Å². The first-order valence-electron chi connectivity index (χ1n) is 9.99. The number of amides is 1. The quantitative estimate of drug-likeness (QED) is 0.326. The fraction of sp³-hybridized carbons (Fsp3) is 0.208. The third-order valence-corrected chi connectivity index (χ3v) is 6.97. The van der Waals surface area contributed by atoms with Crippen molar-refractivity contribution in [3.63, 3.8) is 0 Å². The van der Waals surface area contributed by atoms with Crippen LogP contribution in [0.1, 0.15) is 23.4 Å². The molecule has 1 saturated heterocycles. The number of hydrogen-bond donors (Lipinski definition) is 0. The number of halogens is 3. The topological polar surface area (TPSA) is 38.8 Å². The van der Waals surface area contributed by atoms with Crippen LogP contribution in [0.25, 0.3) is 0 Å². The number of carbonyl (C=O) groups is 1. The molecule has 4 nitrogen and oxygen atoms in total. The van der Waals surface area contributed by atoms with E-state index in [0.717, 1.165) is 11.3 Å². The van der Waals surface area contributed by atoms with Gasteiger partial charge in [-0.15, -0.1) is 11.8 Å². The molecule has 1 aliphatic heterocycles. The largest absolute Gasteiger partial charge is 0.490 e. The van der Waals surface area contributed by atoms with Gasteiger partial charge in [0.25, 0.3) is 0 Å². The summed E-state index contributed by atoms with van der Waals surface area (Å²) < 4.78 is 26.5. The molecule has 1 amide bonds. The molecule has 3 aromatic rings. The van der Waals surface area contributed by atoms with Crippen molar-refractivity contribution >= 4 is 50.9 Å². The second-order valence-corrected chi connectivity index (χ2v) is 9.41. The Bertz CT molecular complexity index is 1130. The van der Waals surface area contributed by atoms with Crippen molar-refractivity contribution in [3.05, 3.63) is 87.1 Å². The number of ether oxygens (including phenoxy) is 2. The van der Waals surface area contributed by atoms with Gasteiger partial charge in [0.15, 0.2) is 11.5 Å². The van der Waals surface area contributed by atoms with Crippen molar-refractivity contribution in [1.82, 2.24) is 0 Å². The van der Waals surface area contributed by atoms with Crippen molar-refractivity contribution in [2.75, 3.05) is 17.3 Å². The van der Waals surface area contributed by atoms with Crippen molar-refractivity contribution in [2.24, 2.45) is 0 Å². The smallest absolute Gasteiger partial charge is 0.238 e. The van der Waals surface area contributed by atoms with E-state index < -0.39 is 0 Å². The minimum atomic E-state index is -0.322. The molecule has 0 radical (unpaired) electrons. The summed E-state index contributed by atoms with van der Waals surface area (Å²) in [6.07, 6.45) is 0. The monoisotopic (exact) mass is 535 g/mol. The molecule has 1 fully saturated rings. The fourth-order valence-corrected chi connectivity index (χ4v) is 5.31. The molecule has 0 unspecified atom stereocenters. The number of rotatable bonds is 7. The van der Waals surface area contributed by atoms with Gasteiger partial charge >= 0.3 is 0 Å². The molecular formula is C24H20BrClFNO3S. The van der Waals surface area contributed by atoms with Crippen LogP contribution >= 0.6 is 39.3 Å². The lowest BCUT2D eigenvalue weighted by molar-refractivity contribution is -0.115. The lowest BCUT2D eigenvalue weighted by Gasteiger charge is -2.25. The lowest BCUT2D eigenvalue weighted by Crippen LogP contribution is -2.27. The van der Waals surface area contributed by atoms with E-state index in [1.165, 1.54) is 6.07 Å². The molecule has 3 aromatic carbocycles. The number of hydrogen-bond acceptors (Lipinski definition) is 4. The summed E-state index contributed by atoms with van der Waals surface area (Å²) in [6.45, 7) is 2.39. The van der Waals surface area contributed by atoms with Crippen LogP contribution < -0.4 is 14.4 Å². The van der Waals surface area contributed by atoms with Crippen molar-refractivity contribution in [3.8, 4) is 11.5 Å². The summed E-state index contributed by atoms with van der Waals surface area (Å²) >= 11 is 11.1. The predicted molar refractivity (Wildman–Crippen MR) is 130 cm³/mol. The standard InChI is InChI=1S/C24H20BrClFNO3S/c1-2-30-21-12-16(11-19(25)23(21)31-13-15-5-3-4-6-20(15)27)24-28(22(29)14-32-24)18-9-7-17(26)8-10-18/h3-12,24H,2,13-14H2,1H3/t24-/m1/s1. The molecule has 1 atom stereocenters. The minimum absolute atomic E-state index is 0.0243. The first-order chi connectivity index (χ1) is 15.5. The Morgan fingerprint density at radius 2 is 1.91 bits per heavy atom. The molecule has 0 bridgehead atoms. The molecule has 166 valence electrons. The molecule has 1 aliphatic rings. The van der Waals surface area contributed by atoms with E-state index >= 15 is 0 Å². The highest BCUT2D eigenvalue weighted by molar-refractivity contribution is 9.10. The van der Waals surface area contributed by atoms with Crippen LogP contribution in [0, 0.1) is 5.82 Å². The normalized spacial score (nSPS) is 15.8. The Hall–Kier alpha value is -2.22. The molecule has 1 heterocycles. The molecule has 0 aliphatic carbocycles. The highest BCUT2D eigenvalue weighted by atomic mass is 79.9. The van der Waals surface area contributed by atoms with Crippen LogP contribution in [0.15, 0.2) is 65.1 Å². The Balaban J connectivity index is 1.65. The lowest BCUT2D eigenvalue weighted by atomic mass is 10.1. The second kappa shape index (κ2) is 10.1. The number of thioether (sulfide) groups is 1. The van der Waals surface area contributed by atoms with Gasteiger partial charge in [0.2, 0.25) is 5.91 Å². The van der Waals surface area contributed by atoms with Gasteiger partial charge in [-0.25, -0.2) is 4.39 Å². The van der Waals surface area contributed by atoms with E-state index in [1.54, 1.807) is 47.0 Å². The SMILES string of the molecule is CCOc1cc([C@H]2SCC(=O)N2c2ccc(Cl)cc2)cc(Br)c1OCc1ccccc1F. The van der Waals surface area contributed by atoms with Gasteiger partial charge in [-0.05, 0) is 70.9 Å². The van der Waals surface area contributed by atoms with E-state index in [9.17, 15) is 9.18 Å². The molecule has 0 N–H and O–H groups in total. The molecule has 0 saturated carbocycles. The average molecular weight is 537 g/mol. The van der Waals surface area contributed by atoms with Crippen LogP contribution in [-0.4, -0.2) is 18.3 Å². The highest BCUT2D eigenvalue weighted by Gasteiger charge is 2.35. The van der Waals surface area contributed by atoms with Crippen molar-refractivity contribution in [2.45, 2.75) is 18.9 Å². The molecule has 4 rings (SSSR count). The Morgan fingerprint density at radius 1 is 1.16 bits per heavy atom. The summed E-state index contributed by atoms with van der Waals surface area (Å²) in [5.41, 5.74) is 2.13. The van der Waals surface area contributed by atoms with Gasteiger partial charge in [-0.2, -0.15) is 0 Å². The summed E-state index contributed by atoms with van der Waals surface area (Å²) in [6, 6.07) is 17.5. The van der Waals surface area contributed by atoms with Gasteiger partial charge in [-0.1, -0.05) is 29.8 Å². The highest BCUT2D eigenvalue weighted by Crippen LogP contribution is 2.46. The van der Waals surface area contributed by atoms with Gasteiger partial charge < -0.3 is 9.47 Å². The Labute approximate surface area is 203 Å². The van der Waals surface area contributed by atoms with Crippen LogP contribution in [0.4, 0.5) is 10.1 Å². The van der Waals surface area contributed by atoms with Crippen LogP contribution in [0.5, 0.6) is 11.5 Å². The van der Waals surface area contributed by atoms with E-state index in [0.29, 0.717) is 38.9 Å². The zero-order valence-corrected chi connectivity index (χ0v) is 20.3. The summed E-state index contributed by atoms with van der Waals surface area (Å²) in [5.74, 6) is 1.10. The number of nitrogens with zero attached hydrogens (tertiary/aromatic N) is 1. The van der Waals surface area contributed by atoms with Gasteiger partial charge in [-0.3, -0.25) is 9.69 Å². The zero-order valence-electron chi connectivity index (χ0n) is 17.2. The van der Waals surface area contributed by atoms with Gasteiger partial charge in [0.05, 0.1) is 16.8 Å². The summed E-state index contributed by atoms with van der Waals surface area (Å²) in [7, 11) is 0. The fourth-order valence-electron chi connectivity index (χ4n) is 3.45. The van der Waals surface area contributed by atoms with E-state index in [2.05, 4.69) is 15.9 Å². The van der Waals surface area contributed by atoms with Crippen LogP contribution in [-0.2, 0) is 11.4 Å². The number of carbonyl (C=O) groups excluding carboxylic acids is 1. The first kappa shape index (κ1) is 23.0. The van der Waals surface area contributed by atoms with Crippen LogP contribution in [0.2, 0.25) is 5.02 Å². The van der Waals surface area contributed by atoms with E-state index in [1.807, 2.05) is 31.2 Å². The maximum absolute atomic E-state index is 14.0. The zero-order chi connectivity index (χ0) is 22.7.